The van der Waals surface area contributed by atoms with Gasteiger partial charge in [-0.1, -0.05) is 18.7 Å². The fourth-order valence-electron chi connectivity index (χ4n) is 3.03. The second-order valence-corrected chi connectivity index (χ2v) is 6.37. The minimum Gasteiger partial charge on any atom is -0.474 e. The summed E-state index contributed by atoms with van der Waals surface area (Å²) in [6.07, 6.45) is 9.38. The normalized spacial score (nSPS) is 15.8. The molecule has 1 aliphatic rings. The highest BCUT2D eigenvalue weighted by atomic mass is 16.5. The SMILES string of the molecule is C=c1[nH]c2cc(-c3ccc(OC4CCC4)nc3)ccc2/c1=C/N=CC. The van der Waals surface area contributed by atoms with Gasteiger partial charge in [-0.3, -0.25) is 4.99 Å². The van der Waals surface area contributed by atoms with Gasteiger partial charge in [0.05, 0.1) is 0 Å². The molecule has 0 radical (unpaired) electrons. The quantitative estimate of drug-likeness (QED) is 0.745. The van der Waals surface area contributed by atoms with Crippen LogP contribution in [0.3, 0.4) is 0 Å². The summed E-state index contributed by atoms with van der Waals surface area (Å²) in [7, 11) is 0. The lowest BCUT2D eigenvalue weighted by atomic mass is 9.96. The number of hydrogen-bond acceptors (Lipinski definition) is 3. The summed E-state index contributed by atoms with van der Waals surface area (Å²) >= 11 is 0. The second kappa shape index (κ2) is 6.55. The Morgan fingerprint density at radius 1 is 1.24 bits per heavy atom. The van der Waals surface area contributed by atoms with Crippen molar-refractivity contribution in [3.63, 3.8) is 0 Å². The van der Waals surface area contributed by atoms with Crippen molar-refractivity contribution in [3.05, 3.63) is 47.1 Å². The van der Waals surface area contributed by atoms with E-state index in [0.717, 1.165) is 45.4 Å². The van der Waals surface area contributed by atoms with Gasteiger partial charge in [-0.05, 0) is 43.9 Å². The molecule has 1 N–H and O–H groups in total. The van der Waals surface area contributed by atoms with E-state index in [9.17, 15) is 0 Å². The number of pyridine rings is 1. The predicted molar refractivity (Wildman–Crippen MR) is 103 cm³/mol. The molecule has 0 atom stereocenters. The van der Waals surface area contributed by atoms with E-state index in [4.69, 9.17) is 4.74 Å². The molecule has 0 spiro atoms. The lowest BCUT2D eigenvalue weighted by Crippen LogP contribution is -2.24. The van der Waals surface area contributed by atoms with E-state index in [1.165, 1.54) is 6.42 Å². The summed E-state index contributed by atoms with van der Waals surface area (Å²) in [5.41, 5.74) is 3.23. The highest BCUT2D eigenvalue weighted by Gasteiger charge is 2.19. The number of aromatic amines is 1. The molecular formula is C21H21N3O. The minimum atomic E-state index is 0.351. The van der Waals surface area contributed by atoms with E-state index in [0.29, 0.717) is 12.0 Å². The topological polar surface area (TPSA) is 50.3 Å². The van der Waals surface area contributed by atoms with Gasteiger partial charge in [0.25, 0.3) is 0 Å². The average molecular weight is 331 g/mol. The van der Waals surface area contributed by atoms with Gasteiger partial charge in [-0.15, -0.1) is 0 Å². The zero-order valence-electron chi connectivity index (χ0n) is 14.3. The Kier molecular flexibility index (Phi) is 4.10. The molecule has 0 saturated heterocycles. The molecule has 4 rings (SSSR count). The van der Waals surface area contributed by atoms with Crippen LogP contribution in [0.25, 0.3) is 34.8 Å². The van der Waals surface area contributed by atoms with Gasteiger partial charge in [0.1, 0.15) is 6.10 Å². The molecule has 1 aromatic carbocycles. The molecule has 2 heterocycles. The summed E-state index contributed by atoms with van der Waals surface area (Å²) < 4.78 is 5.82. The summed E-state index contributed by atoms with van der Waals surface area (Å²) in [6, 6.07) is 10.3. The van der Waals surface area contributed by atoms with Crippen LogP contribution in [0.5, 0.6) is 5.88 Å². The van der Waals surface area contributed by atoms with Crippen LogP contribution < -0.4 is 15.3 Å². The first-order valence-corrected chi connectivity index (χ1v) is 8.66. The average Bonchev–Trinajstić information content (AvgIpc) is 2.91. The van der Waals surface area contributed by atoms with Crippen LogP contribution >= 0.6 is 0 Å². The van der Waals surface area contributed by atoms with Gasteiger partial charge in [-0.25, -0.2) is 4.98 Å². The first-order chi connectivity index (χ1) is 12.2. The first-order valence-electron chi connectivity index (χ1n) is 8.66. The third-order valence-corrected chi connectivity index (χ3v) is 4.68. The highest BCUT2D eigenvalue weighted by molar-refractivity contribution is 5.86. The molecule has 2 aromatic heterocycles. The van der Waals surface area contributed by atoms with E-state index >= 15 is 0 Å². The minimum absolute atomic E-state index is 0.351. The maximum Gasteiger partial charge on any atom is 0.213 e. The Morgan fingerprint density at radius 2 is 2.08 bits per heavy atom. The van der Waals surface area contributed by atoms with Crippen LogP contribution in [-0.4, -0.2) is 22.3 Å². The number of nitrogens with one attached hydrogen (secondary N) is 1. The number of benzene rings is 1. The van der Waals surface area contributed by atoms with E-state index in [-0.39, 0.29) is 0 Å². The van der Waals surface area contributed by atoms with Crippen LogP contribution in [0.2, 0.25) is 0 Å². The lowest BCUT2D eigenvalue weighted by molar-refractivity contribution is 0.114. The third kappa shape index (κ3) is 3.07. The van der Waals surface area contributed by atoms with Gasteiger partial charge in [0.15, 0.2) is 0 Å². The summed E-state index contributed by atoms with van der Waals surface area (Å²) in [5.74, 6) is 0.712. The van der Waals surface area contributed by atoms with E-state index in [2.05, 4.69) is 45.8 Å². The molecule has 4 heteroatoms. The van der Waals surface area contributed by atoms with E-state index in [1.807, 2.05) is 25.4 Å². The number of ether oxygens (including phenoxy) is 1. The zero-order valence-corrected chi connectivity index (χ0v) is 14.3. The smallest absolute Gasteiger partial charge is 0.213 e. The van der Waals surface area contributed by atoms with Gasteiger partial charge in [0.2, 0.25) is 5.88 Å². The Hall–Kier alpha value is -2.88. The number of aromatic nitrogens is 2. The molecule has 0 amide bonds. The number of rotatable bonds is 4. The van der Waals surface area contributed by atoms with Crippen molar-refractivity contribution in [2.75, 3.05) is 0 Å². The molecule has 4 nitrogen and oxygen atoms in total. The van der Waals surface area contributed by atoms with Gasteiger partial charge < -0.3 is 9.72 Å². The van der Waals surface area contributed by atoms with Crippen molar-refractivity contribution in [1.82, 2.24) is 9.97 Å². The fraction of sp³-hybridized carbons (Fsp3) is 0.238. The number of aliphatic imine (C=N–C) groups is 1. The van der Waals surface area contributed by atoms with Crippen LogP contribution in [0.1, 0.15) is 26.2 Å². The molecule has 3 aromatic rings. The number of nitrogens with zero attached hydrogens (tertiary/aromatic N) is 2. The maximum absolute atomic E-state index is 5.82. The van der Waals surface area contributed by atoms with Gasteiger partial charge in [0, 0.05) is 51.7 Å². The van der Waals surface area contributed by atoms with Crippen LogP contribution in [0, 0.1) is 0 Å². The summed E-state index contributed by atoms with van der Waals surface area (Å²) in [5, 5.41) is 3.03. The second-order valence-electron chi connectivity index (χ2n) is 6.37. The van der Waals surface area contributed by atoms with Gasteiger partial charge >= 0.3 is 0 Å². The van der Waals surface area contributed by atoms with Crippen molar-refractivity contribution >= 4 is 29.9 Å². The van der Waals surface area contributed by atoms with Crippen LogP contribution in [0.4, 0.5) is 0 Å². The molecular weight excluding hydrogens is 310 g/mol. The third-order valence-electron chi connectivity index (χ3n) is 4.68. The molecule has 0 aliphatic heterocycles. The number of hydrogen-bond donors (Lipinski definition) is 1. The van der Waals surface area contributed by atoms with Gasteiger partial charge in [-0.2, -0.15) is 0 Å². The fourth-order valence-corrected chi connectivity index (χ4v) is 3.03. The Morgan fingerprint density at radius 3 is 2.76 bits per heavy atom. The summed E-state index contributed by atoms with van der Waals surface area (Å²) in [6.45, 7) is 5.98. The first kappa shape index (κ1) is 15.6. The monoisotopic (exact) mass is 331 g/mol. The van der Waals surface area contributed by atoms with Crippen molar-refractivity contribution in [2.45, 2.75) is 32.3 Å². The van der Waals surface area contributed by atoms with Crippen molar-refractivity contribution < 1.29 is 4.74 Å². The van der Waals surface area contributed by atoms with Crippen molar-refractivity contribution in [1.29, 1.82) is 0 Å². The standard InChI is InChI=1S/C21H21N3O/c1-3-22-13-19-14(2)24-20-11-15(7-9-18(19)20)16-8-10-21(23-12-16)25-17-5-4-6-17/h3,7-13,17,24H,2,4-6H2,1H3/b19-13+,22-3?. The Labute approximate surface area is 146 Å². The van der Waals surface area contributed by atoms with E-state index in [1.54, 1.807) is 6.21 Å². The summed E-state index contributed by atoms with van der Waals surface area (Å²) in [4.78, 5) is 12.0. The Bertz CT molecular complexity index is 1030. The number of fused-ring (bicyclic) bond motifs is 1. The predicted octanol–water partition coefficient (Wildman–Crippen LogP) is 3.40. The molecule has 1 aliphatic carbocycles. The number of H-pyrrole nitrogens is 1. The largest absolute Gasteiger partial charge is 0.474 e. The maximum atomic E-state index is 5.82. The van der Waals surface area contributed by atoms with E-state index < -0.39 is 0 Å². The molecule has 0 bridgehead atoms. The lowest BCUT2D eigenvalue weighted by Gasteiger charge is -2.25. The van der Waals surface area contributed by atoms with Crippen LogP contribution in [-0.2, 0) is 0 Å². The molecule has 1 saturated carbocycles. The molecule has 126 valence electrons. The molecule has 1 fully saturated rings. The zero-order chi connectivity index (χ0) is 17.2. The highest BCUT2D eigenvalue weighted by Crippen LogP contribution is 2.26. The van der Waals surface area contributed by atoms with Crippen molar-refractivity contribution in [2.24, 2.45) is 4.99 Å². The molecule has 25 heavy (non-hydrogen) atoms. The van der Waals surface area contributed by atoms with Crippen LogP contribution in [0.15, 0.2) is 41.5 Å². The van der Waals surface area contributed by atoms with Crippen molar-refractivity contribution in [3.8, 4) is 17.0 Å². The Balaban J connectivity index is 1.66. The molecule has 0 unspecified atom stereocenters.